The van der Waals surface area contributed by atoms with Crippen molar-refractivity contribution in [2.45, 2.75) is 20.0 Å². The minimum Gasteiger partial charge on any atom is -0.496 e. The molecule has 0 aliphatic heterocycles. The Morgan fingerprint density at radius 2 is 1.55 bits per heavy atom. The number of rotatable bonds is 5. The Morgan fingerprint density at radius 1 is 1.00 bits per heavy atom. The van der Waals surface area contributed by atoms with E-state index in [-0.39, 0.29) is 5.78 Å². The van der Waals surface area contributed by atoms with Crippen LogP contribution in [0.1, 0.15) is 35.9 Å². The van der Waals surface area contributed by atoms with Crippen molar-refractivity contribution < 1.29 is 19.4 Å². The van der Waals surface area contributed by atoms with Gasteiger partial charge in [-0.3, -0.25) is 4.79 Å². The van der Waals surface area contributed by atoms with Crippen LogP contribution in [0, 0.1) is 0 Å². The van der Waals surface area contributed by atoms with E-state index in [0.29, 0.717) is 17.1 Å². The summed E-state index contributed by atoms with van der Waals surface area (Å²) < 4.78 is 10.8. The topological polar surface area (TPSA) is 55.8 Å². The van der Waals surface area contributed by atoms with Crippen LogP contribution in [0.15, 0.2) is 36.4 Å². The second kappa shape index (κ2) is 6.62. The normalized spacial score (nSPS) is 11.9. The fourth-order valence-corrected chi connectivity index (χ4v) is 2.33. The van der Waals surface area contributed by atoms with Crippen LogP contribution in [-0.4, -0.2) is 25.1 Å². The van der Waals surface area contributed by atoms with Crippen molar-refractivity contribution in [3.05, 3.63) is 47.5 Å². The average molecular weight is 300 g/mol. The third-order valence-electron chi connectivity index (χ3n) is 3.60. The molecular weight excluding hydrogens is 280 g/mol. The van der Waals surface area contributed by atoms with Gasteiger partial charge in [-0.25, -0.2) is 0 Å². The quantitative estimate of drug-likeness (QED) is 0.857. The summed E-state index contributed by atoms with van der Waals surface area (Å²) in [6.45, 7) is 3.23. The number of Topliss-reactive ketones (excluding diaryl/α,β-unsaturated/α-hetero) is 1. The van der Waals surface area contributed by atoms with E-state index in [4.69, 9.17) is 9.47 Å². The molecule has 2 aromatic carbocycles. The highest BCUT2D eigenvalue weighted by Crippen LogP contribution is 2.38. The molecule has 1 N–H and O–H groups in total. The fraction of sp³-hybridized carbons (Fsp3) is 0.278. The largest absolute Gasteiger partial charge is 0.496 e. The highest BCUT2D eigenvalue weighted by Gasteiger charge is 2.15. The van der Waals surface area contributed by atoms with Gasteiger partial charge in [0.15, 0.2) is 5.78 Å². The number of ketones is 1. The van der Waals surface area contributed by atoms with Crippen molar-refractivity contribution in [2.24, 2.45) is 0 Å². The first-order chi connectivity index (χ1) is 10.5. The van der Waals surface area contributed by atoms with E-state index in [2.05, 4.69) is 0 Å². The van der Waals surface area contributed by atoms with E-state index in [1.165, 1.54) is 6.92 Å². The Morgan fingerprint density at radius 3 is 2.05 bits per heavy atom. The van der Waals surface area contributed by atoms with E-state index < -0.39 is 6.10 Å². The lowest BCUT2D eigenvalue weighted by atomic mass is 9.96. The Kier molecular flexibility index (Phi) is 4.83. The van der Waals surface area contributed by atoms with E-state index in [9.17, 15) is 9.90 Å². The van der Waals surface area contributed by atoms with Crippen molar-refractivity contribution in [1.82, 2.24) is 0 Å². The minimum absolute atomic E-state index is 0.0189. The summed E-state index contributed by atoms with van der Waals surface area (Å²) in [6, 6.07) is 10.7. The SMILES string of the molecule is COc1ccc(C(C)=O)cc1-c1cc(C(C)O)ccc1OC. The molecule has 0 fully saturated rings. The summed E-state index contributed by atoms with van der Waals surface area (Å²) in [4.78, 5) is 11.6. The molecule has 0 bridgehead atoms. The van der Waals surface area contributed by atoms with Gasteiger partial charge in [-0.05, 0) is 49.7 Å². The first-order valence-electron chi connectivity index (χ1n) is 7.03. The zero-order valence-electron chi connectivity index (χ0n) is 13.2. The van der Waals surface area contributed by atoms with Crippen LogP contribution in [0.5, 0.6) is 11.5 Å². The van der Waals surface area contributed by atoms with Gasteiger partial charge in [-0.2, -0.15) is 0 Å². The lowest BCUT2D eigenvalue weighted by Gasteiger charge is -2.15. The van der Waals surface area contributed by atoms with Crippen molar-refractivity contribution in [3.8, 4) is 22.6 Å². The molecular formula is C18H20O4. The van der Waals surface area contributed by atoms with Crippen LogP contribution in [0.25, 0.3) is 11.1 Å². The minimum atomic E-state index is -0.591. The fourth-order valence-electron chi connectivity index (χ4n) is 2.33. The Hall–Kier alpha value is -2.33. The van der Waals surface area contributed by atoms with Crippen LogP contribution >= 0.6 is 0 Å². The van der Waals surface area contributed by atoms with Crippen molar-refractivity contribution in [3.63, 3.8) is 0 Å². The smallest absolute Gasteiger partial charge is 0.159 e. The second-order valence-electron chi connectivity index (χ2n) is 5.11. The van der Waals surface area contributed by atoms with Crippen LogP contribution in [0.4, 0.5) is 0 Å². The Bertz CT molecular complexity index is 689. The van der Waals surface area contributed by atoms with Crippen LogP contribution in [-0.2, 0) is 0 Å². The summed E-state index contributed by atoms with van der Waals surface area (Å²) in [5, 5.41) is 9.80. The van der Waals surface area contributed by atoms with Gasteiger partial charge >= 0.3 is 0 Å². The third-order valence-corrected chi connectivity index (χ3v) is 3.60. The molecule has 1 unspecified atom stereocenters. The molecule has 2 aromatic rings. The summed E-state index contributed by atoms with van der Waals surface area (Å²) in [5.41, 5.74) is 2.90. The van der Waals surface area contributed by atoms with Gasteiger partial charge in [0.1, 0.15) is 11.5 Å². The number of benzene rings is 2. The number of aliphatic hydroxyl groups excluding tert-OH is 1. The number of methoxy groups -OCH3 is 2. The molecule has 0 spiro atoms. The van der Waals surface area contributed by atoms with Gasteiger partial charge in [-0.15, -0.1) is 0 Å². The molecule has 0 heterocycles. The van der Waals surface area contributed by atoms with Gasteiger partial charge in [0.2, 0.25) is 0 Å². The van der Waals surface area contributed by atoms with E-state index >= 15 is 0 Å². The number of hydrogen-bond donors (Lipinski definition) is 1. The first kappa shape index (κ1) is 16.0. The van der Waals surface area contributed by atoms with Crippen LogP contribution in [0.2, 0.25) is 0 Å². The lowest BCUT2D eigenvalue weighted by molar-refractivity contribution is 0.101. The van der Waals surface area contributed by atoms with Gasteiger partial charge in [0.25, 0.3) is 0 Å². The van der Waals surface area contributed by atoms with E-state index in [1.807, 2.05) is 12.1 Å². The van der Waals surface area contributed by atoms with Gasteiger partial charge in [-0.1, -0.05) is 6.07 Å². The molecule has 0 aromatic heterocycles. The third kappa shape index (κ3) is 3.12. The summed E-state index contributed by atoms with van der Waals surface area (Å²) in [6.07, 6.45) is -0.591. The molecule has 0 aliphatic carbocycles. The molecule has 0 amide bonds. The molecule has 0 saturated carbocycles. The Balaban J connectivity index is 2.70. The van der Waals surface area contributed by atoms with E-state index in [0.717, 1.165) is 16.7 Å². The zero-order chi connectivity index (χ0) is 16.3. The van der Waals surface area contributed by atoms with Crippen LogP contribution in [0.3, 0.4) is 0 Å². The monoisotopic (exact) mass is 300 g/mol. The lowest BCUT2D eigenvalue weighted by Crippen LogP contribution is -1.98. The molecule has 4 nitrogen and oxygen atoms in total. The first-order valence-corrected chi connectivity index (χ1v) is 7.03. The number of ether oxygens (including phenoxy) is 2. The van der Waals surface area contributed by atoms with E-state index in [1.54, 1.807) is 45.4 Å². The summed E-state index contributed by atoms with van der Waals surface area (Å²) in [5.74, 6) is 1.28. The number of aliphatic hydroxyl groups is 1. The van der Waals surface area contributed by atoms with Gasteiger partial charge in [0.05, 0.1) is 20.3 Å². The maximum absolute atomic E-state index is 11.6. The van der Waals surface area contributed by atoms with Crippen molar-refractivity contribution in [2.75, 3.05) is 14.2 Å². The molecule has 1 atom stereocenters. The standard InChI is InChI=1S/C18H20O4/c1-11(19)13-5-7-17(21-3)15(9-13)16-10-14(12(2)20)6-8-18(16)22-4/h5-11,19H,1-4H3. The molecule has 4 heteroatoms. The highest BCUT2D eigenvalue weighted by molar-refractivity contribution is 5.96. The van der Waals surface area contributed by atoms with Crippen LogP contribution < -0.4 is 9.47 Å². The van der Waals surface area contributed by atoms with Crippen molar-refractivity contribution in [1.29, 1.82) is 0 Å². The molecule has 0 saturated heterocycles. The molecule has 2 rings (SSSR count). The van der Waals surface area contributed by atoms with Gasteiger partial charge in [0, 0.05) is 16.7 Å². The number of carbonyl (C=O) groups is 1. The maximum atomic E-state index is 11.6. The summed E-state index contributed by atoms with van der Waals surface area (Å²) >= 11 is 0. The predicted molar refractivity (Wildman–Crippen MR) is 85.6 cm³/mol. The Labute approximate surface area is 130 Å². The predicted octanol–water partition coefficient (Wildman–Crippen LogP) is 3.63. The molecule has 22 heavy (non-hydrogen) atoms. The van der Waals surface area contributed by atoms with Crippen molar-refractivity contribution >= 4 is 5.78 Å². The maximum Gasteiger partial charge on any atom is 0.159 e. The van der Waals surface area contributed by atoms with Gasteiger partial charge < -0.3 is 14.6 Å². The number of hydrogen-bond acceptors (Lipinski definition) is 4. The summed E-state index contributed by atoms with van der Waals surface area (Å²) in [7, 11) is 3.17. The number of carbonyl (C=O) groups excluding carboxylic acids is 1. The molecule has 0 aliphatic rings. The molecule has 116 valence electrons. The average Bonchev–Trinajstić information content (AvgIpc) is 2.53. The zero-order valence-corrected chi connectivity index (χ0v) is 13.2. The molecule has 0 radical (unpaired) electrons. The second-order valence-corrected chi connectivity index (χ2v) is 5.11. The highest BCUT2D eigenvalue weighted by atomic mass is 16.5.